The van der Waals surface area contributed by atoms with Crippen molar-refractivity contribution in [3.63, 3.8) is 0 Å². The van der Waals surface area contributed by atoms with Gasteiger partial charge in [-0.05, 0) is 20.3 Å². The van der Waals surface area contributed by atoms with Crippen LogP contribution in [0, 0.1) is 13.8 Å². The first kappa shape index (κ1) is 8.37. The molecule has 0 amide bonds. The molecule has 1 fully saturated rings. The van der Waals surface area contributed by atoms with Crippen LogP contribution in [0.15, 0.2) is 0 Å². The molecule has 1 aromatic heterocycles. The third kappa shape index (κ3) is 1.75. The monoisotopic (exact) mass is 179 g/mol. The van der Waals surface area contributed by atoms with Crippen LogP contribution in [0.5, 0.6) is 0 Å². The summed E-state index contributed by atoms with van der Waals surface area (Å²) in [5.74, 6) is 0.584. The largest absolute Gasteiger partial charge is 0.349 e. The molecule has 5 heteroatoms. The summed E-state index contributed by atoms with van der Waals surface area (Å²) in [6.07, 6.45) is 0.996. The Hall–Kier alpha value is -1.23. The Morgan fingerprint density at radius 1 is 1.31 bits per heavy atom. The number of nitrogens with one attached hydrogen (secondary N) is 1. The second kappa shape index (κ2) is 2.92. The molecule has 0 aromatic carbocycles. The maximum atomic E-state index is 5.64. The topological polar surface area (TPSA) is 76.7 Å². The fourth-order valence-corrected chi connectivity index (χ4v) is 1.06. The van der Waals surface area contributed by atoms with Crippen molar-refractivity contribution in [2.75, 3.05) is 5.32 Å². The van der Waals surface area contributed by atoms with E-state index < -0.39 is 0 Å². The van der Waals surface area contributed by atoms with Gasteiger partial charge in [0.25, 0.3) is 0 Å². The van der Waals surface area contributed by atoms with Gasteiger partial charge in [-0.3, -0.25) is 0 Å². The van der Waals surface area contributed by atoms with Gasteiger partial charge in [-0.2, -0.15) is 5.10 Å². The average molecular weight is 179 g/mol. The summed E-state index contributed by atoms with van der Waals surface area (Å²) >= 11 is 0. The lowest BCUT2D eigenvalue weighted by Gasteiger charge is -2.03. The molecule has 1 aromatic rings. The quantitative estimate of drug-likeness (QED) is 0.668. The van der Waals surface area contributed by atoms with E-state index in [0.717, 1.165) is 17.8 Å². The van der Waals surface area contributed by atoms with Gasteiger partial charge in [0.15, 0.2) is 0 Å². The minimum atomic E-state index is 0.255. The number of nitrogens with zero attached hydrogens (tertiary/aromatic N) is 3. The van der Waals surface area contributed by atoms with E-state index in [1.165, 1.54) is 0 Å². The van der Waals surface area contributed by atoms with E-state index in [-0.39, 0.29) is 6.04 Å². The minimum Gasteiger partial charge on any atom is -0.349 e. The SMILES string of the molecule is Cc1nnc(NC2CC2N)nc1C. The molecule has 2 atom stereocenters. The van der Waals surface area contributed by atoms with E-state index in [4.69, 9.17) is 5.73 Å². The van der Waals surface area contributed by atoms with Crippen LogP contribution in [0.25, 0.3) is 0 Å². The molecule has 13 heavy (non-hydrogen) atoms. The van der Waals surface area contributed by atoms with Crippen molar-refractivity contribution in [2.45, 2.75) is 32.4 Å². The predicted octanol–water partition coefficient (Wildman–Crippen LogP) is -0.0000600. The van der Waals surface area contributed by atoms with Crippen molar-refractivity contribution < 1.29 is 0 Å². The van der Waals surface area contributed by atoms with Crippen molar-refractivity contribution in [3.8, 4) is 0 Å². The normalized spacial score (nSPS) is 25.8. The fourth-order valence-electron chi connectivity index (χ4n) is 1.06. The number of nitrogens with two attached hydrogens (primary N) is 1. The van der Waals surface area contributed by atoms with E-state index in [1.54, 1.807) is 0 Å². The van der Waals surface area contributed by atoms with Gasteiger partial charge >= 0.3 is 0 Å². The van der Waals surface area contributed by atoms with Crippen molar-refractivity contribution in [2.24, 2.45) is 5.73 Å². The van der Waals surface area contributed by atoms with E-state index in [1.807, 2.05) is 13.8 Å². The van der Waals surface area contributed by atoms with E-state index in [0.29, 0.717) is 12.0 Å². The molecule has 70 valence electrons. The molecule has 2 rings (SSSR count). The van der Waals surface area contributed by atoms with Crippen molar-refractivity contribution in [3.05, 3.63) is 11.4 Å². The van der Waals surface area contributed by atoms with E-state index in [9.17, 15) is 0 Å². The number of hydrogen-bond donors (Lipinski definition) is 2. The van der Waals surface area contributed by atoms with Crippen LogP contribution in [-0.2, 0) is 0 Å². The first-order chi connectivity index (χ1) is 6.16. The zero-order valence-electron chi connectivity index (χ0n) is 7.78. The first-order valence-electron chi connectivity index (χ1n) is 4.37. The summed E-state index contributed by atoms with van der Waals surface area (Å²) in [6, 6.07) is 0.592. The second-order valence-corrected chi connectivity index (χ2v) is 3.46. The van der Waals surface area contributed by atoms with Crippen molar-refractivity contribution in [1.29, 1.82) is 0 Å². The van der Waals surface area contributed by atoms with Crippen LogP contribution in [0.1, 0.15) is 17.8 Å². The smallest absolute Gasteiger partial charge is 0.243 e. The van der Waals surface area contributed by atoms with Gasteiger partial charge in [-0.1, -0.05) is 0 Å². The van der Waals surface area contributed by atoms with Gasteiger partial charge in [0.05, 0.1) is 11.4 Å². The third-order valence-electron chi connectivity index (χ3n) is 2.25. The molecular formula is C8H13N5. The van der Waals surface area contributed by atoms with Gasteiger partial charge in [0.1, 0.15) is 0 Å². The van der Waals surface area contributed by atoms with Gasteiger partial charge in [-0.15, -0.1) is 5.10 Å². The molecule has 1 saturated carbocycles. The molecule has 0 bridgehead atoms. The maximum absolute atomic E-state index is 5.64. The Bertz CT molecular complexity index is 324. The summed E-state index contributed by atoms with van der Waals surface area (Å²) in [7, 11) is 0. The van der Waals surface area contributed by atoms with Crippen LogP contribution in [0.2, 0.25) is 0 Å². The second-order valence-electron chi connectivity index (χ2n) is 3.46. The molecule has 0 saturated heterocycles. The van der Waals surface area contributed by atoms with Crippen molar-refractivity contribution in [1.82, 2.24) is 15.2 Å². The molecule has 1 aliphatic rings. The molecule has 0 radical (unpaired) electrons. The predicted molar refractivity (Wildman–Crippen MR) is 49.3 cm³/mol. The fraction of sp³-hybridized carbons (Fsp3) is 0.625. The van der Waals surface area contributed by atoms with Crippen LogP contribution in [-0.4, -0.2) is 27.3 Å². The van der Waals surface area contributed by atoms with Gasteiger partial charge in [0.2, 0.25) is 5.95 Å². The molecule has 0 spiro atoms. The maximum Gasteiger partial charge on any atom is 0.243 e. The highest BCUT2D eigenvalue weighted by atomic mass is 15.3. The number of aryl methyl sites for hydroxylation is 2. The molecule has 3 N–H and O–H groups in total. The molecule has 1 heterocycles. The summed E-state index contributed by atoms with van der Waals surface area (Å²) < 4.78 is 0. The average Bonchev–Trinajstić information content (AvgIpc) is 2.75. The highest BCUT2D eigenvalue weighted by Gasteiger charge is 2.33. The lowest BCUT2D eigenvalue weighted by molar-refractivity contribution is 0.876. The highest BCUT2D eigenvalue weighted by molar-refractivity contribution is 5.30. The number of anilines is 1. The Morgan fingerprint density at radius 2 is 2.00 bits per heavy atom. The molecular weight excluding hydrogens is 166 g/mol. The number of aromatic nitrogens is 3. The lowest BCUT2D eigenvalue weighted by Crippen LogP contribution is -2.15. The standard InChI is InChI=1S/C8H13N5/c1-4-5(2)12-13-8(10-4)11-7-3-6(7)9/h6-7H,3,9H2,1-2H3,(H,10,11,13). The molecule has 2 unspecified atom stereocenters. The molecule has 1 aliphatic carbocycles. The molecule has 0 aliphatic heterocycles. The van der Waals surface area contributed by atoms with Crippen LogP contribution in [0.3, 0.4) is 0 Å². The molecule has 5 nitrogen and oxygen atoms in total. The Labute approximate surface area is 76.8 Å². The summed E-state index contributed by atoms with van der Waals surface area (Å²) in [5, 5.41) is 11.0. The van der Waals surface area contributed by atoms with E-state index in [2.05, 4.69) is 20.5 Å². The van der Waals surface area contributed by atoms with Gasteiger partial charge < -0.3 is 11.1 Å². The zero-order valence-corrected chi connectivity index (χ0v) is 7.78. The summed E-state index contributed by atoms with van der Waals surface area (Å²) in [5.41, 5.74) is 7.42. The lowest BCUT2D eigenvalue weighted by atomic mass is 10.4. The number of hydrogen-bond acceptors (Lipinski definition) is 5. The van der Waals surface area contributed by atoms with Gasteiger partial charge in [0, 0.05) is 12.1 Å². The van der Waals surface area contributed by atoms with Crippen LogP contribution < -0.4 is 11.1 Å². The van der Waals surface area contributed by atoms with Gasteiger partial charge in [-0.25, -0.2) is 4.98 Å². The Balaban J connectivity index is 2.08. The van der Waals surface area contributed by atoms with Crippen LogP contribution >= 0.6 is 0 Å². The Morgan fingerprint density at radius 3 is 2.54 bits per heavy atom. The minimum absolute atomic E-state index is 0.255. The van der Waals surface area contributed by atoms with Crippen molar-refractivity contribution >= 4 is 5.95 Å². The number of rotatable bonds is 2. The Kier molecular flexibility index (Phi) is 1.88. The van der Waals surface area contributed by atoms with E-state index >= 15 is 0 Å². The third-order valence-corrected chi connectivity index (χ3v) is 2.25. The zero-order chi connectivity index (χ0) is 9.42. The summed E-state index contributed by atoms with van der Waals surface area (Å²) in [6.45, 7) is 3.81. The highest BCUT2D eigenvalue weighted by Crippen LogP contribution is 2.21. The van der Waals surface area contributed by atoms with Crippen LogP contribution in [0.4, 0.5) is 5.95 Å². The summed E-state index contributed by atoms with van der Waals surface area (Å²) in [4.78, 5) is 4.25. The first-order valence-corrected chi connectivity index (χ1v) is 4.37.